The lowest BCUT2D eigenvalue weighted by molar-refractivity contribution is 0.180. The fourth-order valence-electron chi connectivity index (χ4n) is 4.67. The number of halogens is 1. The molecule has 0 spiro atoms. The van der Waals surface area contributed by atoms with Gasteiger partial charge < -0.3 is 10.1 Å². The average molecular weight is 500 g/mol. The van der Waals surface area contributed by atoms with Crippen molar-refractivity contribution >= 4 is 22.8 Å². The molecule has 1 fully saturated rings. The molecule has 1 saturated heterocycles. The number of anilines is 1. The van der Waals surface area contributed by atoms with Crippen LogP contribution in [0.4, 0.5) is 15.0 Å². The SMILES string of the molecule is COc1cccc(F)c1CN1CCCC(NC(=O)Nc2cc3[nH]nc(-c4ccc(C#N)cc4)c3cn2)C1. The van der Waals surface area contributed by atoms with Crippen LogP contribution in [0.2, 0.25) is 0 Å². The highest BCUT2D eigenvalue weighted by molar-refractivity contribution is 5.95. The van der Waals surface area contributed by atoms with Crippen LogP contribution in [0.1, 0.15) is 24.0 Å². The molecule has 1 aliphatic rings. The highest BCUT2D eigenvalue weighted by atomic mass is 19.1. The third-order valence-corrected chi connectivity index (χ3v) is 6.49. The number of nitrogens with zero attached hydrogens (tertiary/aromatic N) is 4. The number of hydrogen-bond donors (Lipinski definition) is 3. The molecule has 2 aromatic carbocycles. The van der Waals surface area contributed by atoms with Crippen LogP contribution in [0.5, 0.6) is 5.75 Å². The van der Waals surface area contributed by atoms with Crippen LogP contribution in [-0.2, 0) is 6.54 Å². The summed E-state index contributed by atoms with van der Waals surface area (Å²) in [5, 5.41) is 23.0. The number of benzene rings is 2. The van der Waals surface area contributed by atoms with Gasteiger partial charge in [0.1, 0.15) is 23.1 Å². The Morgan fingerprint density at radius 2 is 2.14 bits per heavy atom. The fraction of sp³-hybridized carbons (Fsp3) is 0.259. The van der Waals surface area contributed by atoms with E-state index in [0.29, 0.717) is 35.8 Å². The van der Waals surface area contributed by atoms with Crippen molar-refractivity contribution in [3.63, 3.8) is 0 Å². The van der Waals surface area contributed by atoms with Gasteiger partial charge in [-0.1, -0.05) is 18.2 Å². The van der Waals surface area contributed by atoms with Gasteiger partial charge in [-0.2, -0.15) is 10.4 Å². The first-order valence-electron chi connectivity index (χ1n) is 12.0. The largest absolute Gasteiger partial charge is 0.496 e. The Bertz CT molecular complexity index is 1460. The average Bonchev–Trinajstić information content (AvgIpc) is 3.33. The molecule has 10 heteroatoms. The number of nitrogens with one attached hydrogen (secondary N) is 3. The molecule has 0 bridgehead atoms. The van der Waals surface area contributed by atoms with Crippen LogP contribution < -0.4 is 15.4 Å². The molecule has 5 rings (SSSR count). The monoisotopic (exact) mass is 499 g/mol. The number of amides is 2. The van der Waals surface area contributed by atoms with Gasteiger partial charge in [-0.05, 0) is 43.7 Å². The molecule has 0 aliphatic carbocycles. The van der Waals surface area contributed by atoms with E-state index < -0.39 is 0 Å². The van der Waals surface area contributed by atoms with Gasteiger partial charge in [-0.25, -0.2) is 14.2 Å². The maximum absolute atomic E-state index is 14.4. The summed E-state index contributed by atoms with van der Waals surface area (Å²) in [4.78, 5) is 19.2. The maximum atomic E-state index is 14.4. The smallest absolute Gasteiger partial charge is 0.320 e. The Hall–Kier alpha value is -4.49. The molecule has 188 valence electrons. The number of nitriles is 1. The summed E-state index contributed by atoms with van der Waals surface area (Å²) in [6.45, 7) is 1.83. The van der Waals surface area contributed by atoms with Gasteiger partial charge in [-0.3, -0.25) is 15.3 Å². The Morgan fingerprint density at radius 1 is 1.30 bits per heavy atom. The molecule has 37 heavy (non-hydrogen) atoms. The van der Waals surface area contributed by atoms with E-state index in [1.807, 2.05) is 12.1 Å². The number of H-pyrrole nitrogens is 1. The number of likely N-dealkylation sites (tertiary alicyclic amines) is 1. The molecule has 3 heterocycles. The number of hydrogen-bond acceptors (Lipinski definition) is 6. The van der Waals surface area contributed by atoms with Gasteiger partial charge in [0.05, 0.1) is 24.3 Å². The van der Waals surface area contributed by atoms with E-state index in [9.17, 15) is 9.18 Å². The molecule has 0 radical (unpaired) electrons. The van der Waals surface area contributed by atoms with Crippen LogP contribution in [0.3, 0.4) is 0 Å². The molecule has 2 aromatic heterocycles. The van der Waals surface area contributed by atoms with Crippen molar-refractivity contribution in [3.05, 3.63) is 71.7 Å². The van der Waals surface area contributed by atoms with Crippen LogP contribution >= 0.6 is 0 Å². The van der Waals surface area contributed by atoms with E-state index >= 15 is 0 Å². The zero-order chi connectivity index (χ0) is 25.8. The lowest BCUT2D eigenvalue weighted by atomic mass is 10.0. The van der Waals surface area contributed by atoms with E-state index in [-0.39, 0.29) is 17.9 Å². The highest BCUT2D eigenvalue weighted by Crippen LogP contribution is 2.27. The Morgan fingerprint density at radius 3 is 2.92 bits per heavy atom. The summed E-state index contributed by atoms with van der Waals surface area (Å²) in [5.74, 6) is 0.619. The van der Waals surface area contributed by atoms with Crippen LogP contribution in [0.15, 0.2) is 54.7 Å². The number of ether oxygens (including phenoxy) is 1. The number of pyridine rings is 1. The van der Waals surface area contributed by atoms with Crippen molar-refractivity contribution in [1.82, 2.24) is 25.4 Å². The quantitative estimate of drug-likeness (QED) is 0.361. The number of urea groups is 1. The van der Waals surface area contributed by atoms with Crippen molar-refractivity contribution in [2.24, 2.45) is 0 Å². The number of aromatic amines is 1. The fourth-order valence-corrected chi connectivity index (χ4v) is 4.67. The predicted molar refractivity (Wildman–Crippen MR) is 137 cm³/mol. The number of rotatable bonds is 6. The summed E-state index contributed by atoms with van der Waals surface area (Å²) in [5.41, 5.74) is 3.41. The molecule has 9 nitrogen and oxygen atoms in total. The maximum Gasteiger partial charge on any atom is 0.320 e. The van der Waals surface area contributed by atoms with Crippen molar-refractivity contribution in [2.75, 3.05) is 25.5 Å². The first-order chi connectivity index (χ1) is 18.0. The second-order valence-electron chi connectivity index (χ2n) is 8.97. The van der Waals surface area contributed by atoms with Gasteiger partial charge in [0.15, 0.2) is 0 Å². The van der Waals surface area contributed by atoms with Crippen molar-refractivity contribution in [3.8, 4) is 23.1 Å². The summed E-state index contributed by atoms with van der Waals surface area (Å²) >= 11 is 0. The standard InChI is InChI=1S/C27H26FN7O2/c1-37-24-6-2-5-22(28)21(24)16-35-11-3-4-19(15-35)31-27(36)32-25-12-23-20(14-30-25)26(34-33-23)18-9-7-17(13-29)8-10-18/h2,5-10,12,14,19H,3-4,11,15-16H2,1H3,(H,33,34)(H2,30,31,32,36). The Kier molecular flexibility index (Phi) is 6.96. The van der Waals surface area contributed by atoms with E-state index in [2.05, 4.69) is 36.8 Å². The highest BCUT2D eigenvalue weighted by Gasteiger charge is 2.23. The van der Waals surface area contributed by atoms with Gasteiger partial charge in [0, 0.05) is 47.9 Å². The molecule has 2 amide bonds. The third-order valence-electron chi connectivity index (χ3n) is 6.49. The van der Waals surface area contributed by atoms with Gasteiger partial charge in [-0.15, -0.1) is 0 Å². The zero-order valence-electron chi connectivity index (χ0n) is 20.3. The second kappa shape index (κ2) is 10.6. The lowest BCUT2D eigenvalue weighted by Crippen LogP contribution is -2.48. The summed E-state index contributed by atoms with van der Waals surface area (Å²) in [6.07, 6.45) is 3.38. The van der Waals surface area contributed by atoms with E-state index in [4.69, 9.17) is 10.00 Å². The number of aromatic nitrogens is 3. The first-order valence-corrected chi connectivity index (χ1v) is 12.0. The number of fused-ring (bicyclic) bond motifs is 1. The summed E-state index contributed by atoms with van der Waals surface area (Å²) < 4.78 is 19.7. The lowest BCUT2D eigenvalue weighted by Gasteiger charge is -2.33. The van der Waals surface area contributed by atoms with Crippen molar-refractivity contribution in [2.45, 2.75) is 25.4 Å². The van der Waals surface area contributed by atoms with Crippen LogP contribution in [0, 0.1) is 17.1 Å². The van der Waals surface area contributed by atoms with Crippen LogP contribution in [0.25, 0.3) is 22.2 Å². The minimum absolute atomic E-state index is 0.0783. The molecule has 1 aliphatic heterocycles. The molecular weight excluding hydrogens is 473 g/mol. The van der Waals surface area contributed by atoms with E-state index in [0.717, 1.165) is 41.5 Å². The number of carbonyl (C=O) groups is 1. The minimum atomic E-state index is -0.353. The normalized spacial score (nSPS) is 15.8. The summed E-state index contributed by atoms with van der Waals surface area (Å²) in [7, 11) is 1.53. The van der Waals surface area contributed by atoms with Gasteiger partial charge >= 0.3 is 6.03 Å². The molecule has 1 unspecified atom stereocenters. The Balaban J connectivity index is 1.21. The van der Waals surface area contributed by atoms with Crippen molar-refractivity contribution < 1.29 is 13.9 Å². The summed E-state index contributed by atoms with van der Waals surface area (Å²) in [6, 6.07) is 15.4. The predicted octanol–water partition coefficient (Wildman–Crippen LogP) is 4.43. The molecule has 4 aromatic rings. The van der Waals surface area contributed by atoms with Crippen molar-refractivity contribution in [1.29, 1.82) is 5.26 Å². The van der Waals surface area contributed by atoms with E-state index in [1.54, 1.807) is 36.5 Å². The molecular formula is C27H26FN7O2. The first kappa shape index (κ1) is 24.2. The topological polar surface area (TPSA) is 119 Å². The second-order valence-corrected chi connectivity index (χ2v) is 8.97. The third kappa shape index (κ3) is 5.37. The minimum Gasteiger partial charge on any atom is -0.496 e. The van der Waals surface area contributed by atoms with Gasteiger partial charge in [0.25, 0.3) is 0 Å². The van der Waals surface area contributed by atoms with Gasteiger partial charge in [0.2, 0.25) is 0 Å². The number of methoxy groups -OCH3 is 1. The van der Waals surface area contributed by atoms with Crippen LogP contribution in [-0.4, -0.2) is 52.4 Å². The molecule has 1 atom stereocenters. The molecule has 3 N–H and O–H groups in total. The number of carbonyl (C=O) groups excluding carboxylic acids is 1. The van der Waals surface area contributed by atoms with E-state index in [1.165, 1.54) is 13.2 Å². The number of piperidine rings is 1. The molecule has 0 saturated carbocycles. The Labute approximate surface area is 213 Å². The zero-order valence-corrected chi connectivity index (χ0v) is 20.3.